The minimum atomic E-state index is -4.39. The summed E-state index contributed by atoms with van der Waals surface area (Å²) in [6.07, 6.45) is -3.05. The number of alkyl halides is 3. The Hall–Kier alpha value is -1.31. The molecule has 1 aliphatic rings. The Morgan fingerprint density at radius 1 is 1.38 bits per heavy atom. The van der Waals surface area contributed by atoms with Crippen molar-refractivity contribution in [2.24, 2.45) is 0 Å². The number of rotatable bonds is 4. The van der Waals surface area contributed by atoms with Crippen LogP contribution in [-0.4, -0.2) is 36.1 Å². The second-order valence-corrected chi connectivity index (χ2v) is 7.31. The summed E-state index contributed by atoms with van der Waals surface area (Å²) in [5, 5.41) is 3.62. The predicted octanol–water partition coefficient (Wildman–Crippen LogP) is 4.20. The summed E-state index contributed by atoms with van der Waals surface area (Å²) in [6.45, 7) is -0.142. The molecule has 1 saturated heterocycles. The van der Waals surface area contributed by atoms with Crippen molar-refractivity contribution >= 4 is 38.9 Å². The van der Waals surface area contributed by atoms with E-state index in [-0.39, 0.29) is 0 Å². The number of amides is 1. The highest BCUT2D eigenvalue weighted by Gasteiger charge is 2.34. The minimum Gasteiger partial charge on any atom is -0.346 e. The number of hydrogen-bond donors (Lipinski definition) is 1. The summed E-state index contributed by atoms with van der Waals surface area (Å²) >= 11 is 7.98. The van der Waals surface area contributed by atoms with Gasteiger partial charge in [-0.15, -0.1) is 11.3 Å². The predicted molar refractivity (Wildman–Crippen MR) is 89.3 cm³/mol. The van der Waals surface area contributed by atoms with Crippen LogP contribution in [0.5, 0.6) is 0 Å². The lowest BCUT2D eigenvalue weighted by atomic mass is 10.2. The molecule has 1 atom stereocenters. The summed E-state index contributed by atoms with van der Waals surface area (Å²) in [4.78, 5) is 14.9. The molecule has 1 aromatic heterocycles. The van der Waals surface area contributed by atoms with Crippen LogP contribution in [0.3, 0.4) is 0 Å². The fourth-order valence-electron chi connectivity index (χ4n) is 2.97. The lowest BCUT2D eigenvalue weighted by molar-refractivity contribution is -0.141. The van der Waals surface area contributed by atoms with E-state index in [9.17, 15) is 18.0 Å². The normalized spacial score (nSPS) is 19.1. The third-order valence-corrected chi connectivity index (χ3v) is 5.78. The Morgan fingerprint density at radius 2 is 2.12 bits per heavy atom. The average Bonchev–Trinajstić information content (AvgIpc) is 3.11. The zero-order valence-electron chi connectivity index (χ0n) is 12.7. The van der Waals surface area contributed by atoms with Crippen molar-refractivity contribution in [1.29, 1.82) is 0 Å². The van der Waals surface area contributed by atoms with Crippen LogP contribution in [0.25, 0.3) is 10.1 Å². The zero-order chi connectivity index (χ0) is 17.3. The molecule has 0 unspecified atom stereocenters. The molecule has 8 heteroatoms. The molecule has 2 heterocycles. The van der Waals surface area contributed by atoms with Gasteiger partial charge in [-0.25, -0.2) is 0 Å². The van der Waals surface area contributed by atoms with E-state index in [2.05, 4.69) is 0 Å². The van der Waals surface area contributed by atoms with Crippen molar-refractivity contribution in [3.63, 3.8) is 0 Å². The molecule has 1 N–H and O–H groups in total. The van der Waals surface area contributed by atoms with Crippen molar-refractivity contribution in [3.05, 3.63) is 34.2 Å². The average molecular weight is 377 g/mol. The van der Waals surface area contributed by atoms with Crippen molar-refractivity contribution in [3.8, 4) is 0 Å². The largest absolute Gasteiger partial charge is 0.405 e. The first-order valence-electron chi connectivity index (χ1n) is 7.59. The van der Waals surface area contributed by atoms with Crippen LogP contribution in [-0.2, 0) is 11.3 Å². The lowest BCUT2D eigenvalue weighted by Gasteiger charge is -2.23. The summed E-state index contributed by atoms with van der Waals surface area (Å²) in [5.41, 5.74) is 0. The molecular formula is C16H16ClF3N2OS. The number of carbonyl (C=O) groups excluding carboxylic acids is 1. The molecule has 2 aromatic rings. The van der Waals surface area contributed by atoms with Crippen molar-refractivity contribution in [2.75, 3.05) is 13.1 Å². The van der Waals surface area contributed by atoms with Crippen molar-refractivity contribution < 1.29 is 18.0 Å². The van der Waals surface area contributed by atoms with E-state index in [4.69, 9.17) is 11.6 Å². The van der Waals surface area contributed by atoms with Crippen LogP contribution in [0, 0.1) is 0 Å². The number of carbonyl (C=O) groups is 1. The molecule has 130 valence electrons. The van der Waals surface area contributed by atoms with E-state index in [1.807, 2.05) is 34.5 Å². The number of halogens is 4. The molecule has 3 rings (SSSR count). The highest BCUT2D eigenvalue weighted by Crippen LogP contribution is 2.37. The van der Waals surface area contributed by atoms with Gasteiger partial charge in [0.1, 0.15) is 6.54 Å². The topological polar surface area (TPSA) is 32.3 Å². The first-order valence-corrected chi connectivity index (χ1v) is 8.79. The van der Waals surface area contributed by atoms with Gasteiger partial charge in [0.05, 0.1) is 11.1 Å². The fourth-order valence-corrected chi connectivity index (χ4v) is 4.49. The number of thiophene rings is 1. The smallest absolute Gasteiger partial charge is 0.346 e. The third kappa shape index (κ3) is 3.84. The minimum absolute atomic E-state index is 0.474. The van der Waals surface area contributed by atoms with Gasteiger partial charge >= 0.3 is 6.18 Å². The van der Waals surface area contributed by atoms with E-state index in [1.165, 1.54) is 0 Å². The van der Waals surface area contributed by atoms with Gasteiger partial charge in [0.2, 0.25) is 5.91 Å². The summed E-state index contributed by atoms with van der Waals surface area (Å²) in [7, 11) is 0. The van der Waals surface area contributed by atoms with Gasteiger partial charge in [-0.05, 0) is 25.5 Å². The maximum absolute atomic E-state index is 12.3. The molecule has 1 aliphatic heterocycles. The summed E-state index contributed by atoms with van der Waals surface area (Å²) in [5.74, 6) is -0.568. The van der Waals surface area contributed by atoms with Gasteiger partial charge in [0, 0.05) is 21.5 Å². The number of hydrogen-bond acceptors (Lipinski definition) is 3. The maximum atomic E-state index is 12.3. The van der Waals surface area contributed by atoms with E-state index >= 15 is 0 Å². The van der Waals surface area contributed by atoms with Crippen molar-refractivity contribution in [1.82, 2.24) is 10.2 Å². The number of nitrogens with one attached hydrogen (secondary N) is 1. The standard InChI is InChI=1S/C16H16ClF3N2OS/c17-14-10-4-1-2-6-12(10)24-13(14)8-22-7-3-5-11(22)15(23)21-9-16(18,19)20/h1-2,4,6,11H,3,5,7-9H2,(H,21,23)/t11-/m1/s1. The molecule has 0 radical (unpaired) electrons. The van der Waals surface area contributed by atoms with Crippen molar-refractivity contribution in [2.45, 2.75) is 31.6 Å². The van der Waals surface area contributed by atoms with Crippen LogP contribution < -0.4 is 5.32 Å². The highest BCUT2D eigenvalue weighted by atomic mass is 35.5. The van der Waals surface area contributed by atoms with Crippen LogP contribution in [0.4, 0.5) is 13.2 Å². The fraction of sp³-hybridized carbons (Fsp3) is 0.438. The van der Waals surface area contributed by atoms with Gasteiger partial charge in [0.25, 0.3) is 0 Å². The molecule has 3 nitrogen and oxygen atoms in total. The molecule has 0 bridgehead atoms. The van der Waals surface area contributed by atoms with Gasteiger partial charge in [-0.3, -0.25) is 9.69 Å². The second-order valence-electron chi connectivity index (χ2n) is 5.80. The van der Waals surface area contributed by atoms with Crippen LogP contribution in [0.1, 0.15) is 17.7 Å². The van der Waals surface area contributed by atoms with Crippen LogP contribution >= 0.6 is 22.9 Å². The van der Waals surface area contributed by atoms with E-state index < -0.39 is 24.7 Å². The molecule has 1 aromatic carbocycles. The monoisotopic (exact) mass is 376 g/mol. The molecule has 0 spiro atoms. The van der Waals surface area contributed by atoms with E-state index in [0.717, 1.165) is 21.4 Å². The van der Waals surface area contributed by atoms with Crippen LogP contribution in [0.2, 0.25) is 5.02 Å². The number of nitrogens with zero attached hydrogens (tertiary/aromatic N) is 1. The molecule has 24 heavy (non-hydrogen) atoms. The molecule has 1 fully saturated rings. The lowest BCUT2D eigenvalue weighted by Crippen LogP contribution is -2.45. The van der Waals surface area contributed by atoms with Gasteiger partial charge in [0.15, 0.2) is 0 Å². The van der Waals surface area contributed by atoms with E-state index in [0.29, 0.717) is 24.5 Å². The number of fused-ring (bicyclic) bond motifs is 1. The first kappa shape index (κ1) is 17.5. The van der Waals surface area contributed by atoms with Gasteiger partial charge in [-0.2, -0.15) is 13.2 Å². The Bertz CT molecular complexity index is 746. The number of benzene rings is 1. The first-order chi connectivity index (χ1) is 11.3. The quantitative estimate of drug-likeness (QED) is 0.867. The highest BCUT2D eigenvalue weighted by molar-refractivity contribution is 7.19. The number of likely N-dealkylation sites (tertiary alicyclic amines) is 1. The molecule has 0 aliphatic carbocycles. The summed E-state index contributed by atoms with van der Waals surface area (Å²) in [6, 6.07) is 7.23. The summed E-state index contributed by atoms with van der Waals surface area (Å²) < 4.78 is 37.9. The third-order valence-electron chi connectivity index (χ3n) is 4.08. The molecule has 1 amide bonds. The Labute approximate surface area is 146 Å². The van der Waals surface area contributed by atoms with Gasteiger partial charge < -0.3 is 5.32 Å². The van der Waals surface area contributed by atoms with Crippen LogP contribution in [0.15, 0.2) is 24.3 Å². The molecule has 0 saturated carbocycles. The Morgan fingerprint density at radius 3 is 2.83 bits per heavy atom. The Kier molecular flexibility index (Phi) is 5.03. The zero-order valence-corrected chi connectivity index (χ0v) is 14.3. The second kappa shape index (κ2) is 6.90. The maximum Gasteiger partial charge on any atom is 0.405 e. The Balaban J connectivity index is 1.71. The van der Waals surface area contributed by atoms with E-state index in [1.54, 1.807) is 11.3 Å². The van der Waals surface area contributed by atoms with Gasteiger partial charge in [-0.1, -0.05) is 29.8 Å². The SMILES string of the molecule is O=C(NCC(F)(F)F)[C@H]1CCCN1Cc1sc2ccccc2c1Cl. The molecular weight excluding hydrogens is 361 g/mol.